The summed E-state index contributed by atoms with van der Waals surface area (Å²) in [5, 5.41) is 7.76. The molecule has 6 nitrogen and oxygen atoms in total. The molecule has 0 spiro atoms. The van der Waals surface area contributed by atoms with E-state index in [0.717, 1.165) is 0 Å². The van der Waals surface area contributed by atoms with Crippen LogP contribution in [0.2, 0.25) is 0 Å². The van der Waals surface area contributed by atoms with Crippen LogP contribution in [0.3, 0.4) is 0 Å². The molecule has 1 amide bonds. The van der Waals surface area contributed by atoms with Gasteiger partial charge in [0, 0.05) is 11.6 Å². The SMILES string of the molecule is Cc1ccc(NC(=O)C(C)CCN)cc1S(N)(=O)=O. The third-order valence-electron chi connectivity index (χ3n) is 2.81. The van der Waals surface area contributed by atoms with Crippen LogP contribution in [0.15, 0.2) is 23.1 Å². The van der Waals surface area contributed by atoms with Crippen LogP contribution in [0.5, 0.6) is 0 Å². The molecule has 0 aliphatic rings. The number of amides is 1. The van der Waals surface area contributed by atoms with Crippen LogP contribution in [0, 0.1) is 12.8 Å². The van der Waals surface area contributed by atoms with E-state index in [1.54, 1.807) is 26.0 Å². The van der Waals surface area contributed by atoms with E-state index in [9.17, 15) is 13.2 Å². The highest BCUT2D eigenvalue weighted by Gasteiger charge is 2.15. The maximum atomic E-state index is 11.8. The fraction of sp³-hybridized carbons (Fsp3) is 0.417. The van der Waals surface area contributed by atoms with E-state index in [1.165, 1.54) is 6.07 Å². The number of nitrogens with one attached hydrogen (secondary N) is 1. The van der Waals surface area contributed by atoms with E-state index in [4.69, 9.17) is 10.9 Å². The number of rotatable bonds is 5. The van der Waals surface area contributed by atoms with Gasteiger partial charge in [-0.1, -0.05) is 13.0 Å². The van der Waals surface area contributed by atoms with Gasteiger partial charge in [-0.05, 0) is 37.6 Å². The Kier molecular flexibility index (Phi) is 5.04. The van der Waals surface area contributed by atoms with E-state index in [2.05, 4.69) is 5.32 Å². The smallest absolute Gasteiger partial charge is 0.238 e. The summed E-state index contributed by atoms with van der Waals surface area (Å²) in [6.45, 7) is 3.82. The summed E-state index contributed by atoms with van der Waals surface area (Å²) in [7, 11) is -3.79. The number of nitrogens with two attached hydrogens (primary N) is 2. The Bertz CT molecular complexity index is 570. The second-order valence-corrected chi connectivity index (χ2v) is 6.02. The Morgan fingerprint density at radius 2 is 2.05 bits per heavy atom. The second-order valence-electron chi connectivity index (χ2n) is 4.49. The Morgan fingerprint density at radius 1 is 1.42 bits per heavy atom. The number of carbonyl (C=O) groups excluding carboxylic acids is 1. The van der Waals surface area contributed by atoms with Crippen molar-refractivity contribution in [2.24, 2.45) is 16.8 Å². The van der Waals surface area contributed by atoms with E-state index in [-0.39, 0.29) is 16.7 Å². The lowest BCUT2D eigenvalue weighted by Crippen LogP contribution is -2.23. The molecule has 5 N–H and O–H groups in total. The van der Waals surface area contributed by atoms with Gasteiger partial charge in [0.15, 0.2) is 0 Å². The molecule has 7 heteroatoms. The molecule has 0 saturated heterocycles. The molecular weight excluding hydrogens is 266 g/mol. The van der Waals surface area contributed by atoms with Gasteiger partial charge in [0.2, 0.25) is 15.9 Å². The van der Waals surface area contributed by atoms with Crippen LogP contribution >= 0.6 is 0 Å². The molecule has 1 unspecified atom stereocenters. The summed E-state index contributed by atoms with van der Waals surface area (Å²) in [5.74, 6) is -0.432. The number of hydrogen-bond acceptors (Lipinski definition) is 4. The quantitative estimate of drug-likeness (QED) is 0.733. The predicted molar refractivity (Wildman–Crippen MR) is 74.0 cm³/mol. The van der Waals surface area contributed by atoms with Crippen LogP contribution in [0.25, 0.3) is 0 Å². The molecule has 1 aromatic carbocycles. The third-order valence-corrected chi connectivity index (χ3v) is 3.86. The van der Waals surface area contributed by atoms with Crippen molar-refractivity contribution in [2.75, 3.05) is 11.9 Å². The largest absolute Gasteiger partial charge is 0.330 e. The van der Waals surface area contributed by atoms with Gasteiger partial charge in [0.25, 0.3) is 0 Å². The van der Waals surface area contributed by atoms with Crippen LogP contribution < -0.4 is 16.2 Å². The van der Waals surface area contributed by atoms with Crippen LogP contribution in [-0.4, -0.2) is 20.9 Å². The average molecular weight is 285 g/mol. The van der Waals surface area contributed by atoms with Gasteiger partial charge < -0.3 is 11.1 Å². The van der Waals surface area contributed by atoms with Crippen molar-refractivity contribution in [1.29, 1.82) is 0 Å². The van der Waals surface area contributed by atoms with Crippen molar-refractivity contribution >= 4 is 21.6 Å². The minimum absolute atomic E-state index is 0.0109. The standard InChI is InChI=1S/C12H19N3O3S/c1-8-3-4-10(7-11(8)19(14,17)18)15-12(16)9(2)5-6-13/h3-4,7,9H,5-6,13H2,1-2H3,(H,15,16)(H2,14,17,18). The van der Waals surface area contributed by atoms with Gasteiger partial charge in [-0.25, -0.2) is 13.6 Å². The van der Waals surface area contributed by atoms with Crippen LogP contribution in [0.4, 0.5) is 5.69 Å². The summed E-state index contributed by atoms with van der Waals surface area (Å²) in [6, 6.07) is 4.60. The van der Waals surface area contributed by atoms with Crippen molar-refractivity contribution in [3.63, 3.8) is 0 Å². The zero-order valence-corrected chi connectivity index (χ0v) is 11.8. The fourth-order valence-corrected chi connectivity index (χ4v) is 2.44. The highest BCUT2D eigenvalue weighted by molar-refractivity contribution is 7.89. The summed E-state index contributed by atoms with van der Waals surface area (Å²) in [6.07, 6.45) is 0.569. The van der Waals surface area contributed by atoms with Gasteiger partial charge in [0.05, 0.1) is 4.90 Å². The summed E-state index contributed by atoms with van der Waals surface area (Å²) in [4.78, 5) is 11.8. The predicted octanol–water partition coefficient (Wildman–Crippen LogP) is 0.566. The number of aryl methyl sites for hydroxylation is 1. The molecule has 0 radical (unpaired) electrons. The lowest BCUT2D eigenvalue weighted by atomic mass is 10.1. The van der Waals surface area contributed by atoms with Gasteiger partial charge in [-0.3, -0.25) is 4.79 Å². The van der Waals surface area contributed by atoms with Crippen molar-refractivity contribution < 1.29 is 13.2 Å². The third kappa shape index (κ3) is 4.30. The summed E-state index contributed by atoms with van der Waals surface area (Å²) < 4.78 is 22.8. The molecule has 1 aromatic rings. The zero-order chi connectivity index (χ0) is 14.6. The molecule has 1 rings (SSSR count). The van der Waals surface area contributed by atoms with E-state index >= 15 is 0 Å². The lowest BCUT2D eigenvalue weighted by molar-refractivity contribution is -0.119. The Labute approximate surface area is 113 Å². The Balaban J connectivity index is 2.95. The molecule has 0 saturated carbocycles. The first kappa shape index (κ1) is 15.6. The normalized spacial score (nSPS) is 13.1. The van der Waals surface area contributed by atoms with Crippen molar-refractivity contribution in [1.82, 2.24) is 0 Å². The number of sulfonamides is 1. The first-order valence-electron chi connectivity index (χ1n) is 5.90. The van der Waals surface area contributed by atoms with Gasteiger partial charge >= 0.3 is 0 Å². The Hall–Kier alpha value is -1.44. The van der Waals surface area contributed by atoms with E-state index in [1.807, 2.05) is 0 Å². The van der Waals surface area contributed by atoms with E-state index in [0.29, 0.717) is 24.2 Å². The molecule has 0 aromatic heterocycles. The highest BCUT2D eigenvalue weighted by Crippen LogP contribution is 2.19. The monoisotopic (exact) mass is 285 g/mol. The van der Waals surface area contributed by atoms with E-state index < -0.39 is 10.0 Å². The van der Waals surface area contributed by atoms with Crippen molar-refractivity contribution in [3.8, 4) is 0 Å². The second kappa shape index (κ2) is 6.14. The number of carbonyl (C=O) groups is 1. The van der Waals surface area contributed by atoms with Crippen molar-refractivity contribution in [3.05, 3.63) is 23.8 Å². The average Bonchev–Trinajstić information content (AvgIpc) is 2.30. The molecule has 0 bridgehead atoms. The Morgan fingerprint density at radius 3 is 2.58 bits per heavy atom. The molecule has 19 heavy (non-hydrogen) atoms. The lowest BCUT2D eigenvalue weighted by Gasteiger charge is -2.12. The summed E-state index contributed by atoms with van der Waals surface area (Å²) in [5.41, 5.74) is 6.33. The molecule has 0 aliphatic heterocycles. The van der Waals surface area contributed by atoms with Crippen molar-refractivity contribution in [2.45, 2.75) is 25.2 Å². The van der Waals surface area contributed by atoms with Gasteiger partial charge in [0.1, 0.15) is 0 Å². The molecular formula is C12H19N3O3S. The number of primary sulfonamides is 1. The topological polar surface area (TPSA) is 115 Å². The minimum atomic E-state index is -3.79. The first-order chi connectivity index (χ1) is 8.75. The number of benzene rings is 1. The highest BCUT2D eigenvalue weighted by atomic mass is 32.2. The fourth-order valence-electron chi connectivity index (χ4n) is 1.63. The molecule has 0 aliphatic carbocycles. The molecule has 106 valence electrons. The number of hydrogen-bond donors (Lipinski definition) is 3. The number of anilines is 1. The zero-order valence-electron chi connectivity index (χ0n) is 11.0. The van der Waals surface area contributed by atoms with Crippen LogP contribution in [-0.2, 0) is 14.8 Å². The van der Waals surface area contributed by atoms with Gasteiger partial charge in [-0.15, -0.1) is 0 Å². The molecule has 0 heterocycles. The van der Waals surface area contributed by atoms with Crippen LogP contribution in [0.1, 0.15) is 18.9 Å². The van der Waals surface area contributed by atoms with Gasteiger partial charge in [-0.2, -0.15) is 0 Å². The summed E-state index contributed by atoms with van der Waals surface area (Å²) >= 11 is 0. The minimum Gasteiger partial charge on any atom is -0.330 e. The maximum Gasteiger partial charge on any atom is 0.238 e. The first-order valence-corrected chi connectivity index (χ1v) is 7.44. The maximum absolute atomic E-state index is 11.8. The molecule has 1 atom stereocenters. The molecule has 0 fully saturated rings.